The third-order valence-corrected chi connectivity index (χ3v) is 6.57. The number of fused-ring (bicyclic) bond motifs is 2. The lowest BCUT2D eigenvalue weighted by Crippen LogP contribution is -1.89. The Morgan fingerprint density at radius 3 is 1.53 bits per heavy atom. The van der Waals surface area contributed by atoms with E-state index in [2.05, 4.69) is 9.97 Å². The van der Waals surface area contributed by atoms with Gasteiger partial charge in [0.25, 0.3) is 0 Å². The molecule has 0 amide bonds. The number of hydrogen-bond acceptors (Lipinski definition) is 5. The molecule has 5 aromatic carbocycles. The van der Waals surface area contributed by atoms with E-state index in [-0.39, 0.29) is 22.9 Å². The van der Waals surface area contributed by atoms with Gasteiger partial charge < -0.3 is 13.9 Å². The van der Waals surface area contributed by atoms with Crippen molar-refractivity contribution < 1.29 is 18.3 Å². The van der Waals surface area contributed by atoms with Crippen molar-refractivity contribution in [3.05, 3.63) is 115 Å². The van der Waals surface area contributed by atoms with Crippen LogP contribution in [0.1, 0.15) is 0 Å². The zero-order chi connectivity index (χ0) is 25.6. The van der Waals surface area contributed by atoms with Crippen molar-refractivity contribution in [3.63, 3.8) is 0 Å². The van der Waals surface area contributed by atoms with Crippen LogP contribution in [0.4, 0.5) is 4.39 Å². The van der Waals surface area contributed by atoms with Crippen LogP contribution in [-0.4, -0.2) is 15.1 Å². The second kappa shape index (κ2) is 8.71. The van der Waals surface area contributed by atoms with Crippen LogP contribution >= 0.6 is 0 Å². The number of aromatic hydroxyl groups is 1. The molecular weight excluding hydrogens is 479 g/mol. The maximum absolute atomic E-state index is 15.4. The summed E-state index contributed by atoms with van der Waals surface area (Å²) in [5.74, 6) is -1.23. The number of halogens is 1. The lowest BCUT2D eigenvalue weighted by atomic mass is 10.1. The van der Waals surface area contributed by atoms with Gasteiger partial charge in [0.05, 0.1) is 11.1 Å². The Bertz CT molecular complexity index is 1800. The van der Waals surface area contributed by atoms with Crippen LogP contribution in [0, 0.1) is 5.82 Å². The summed E-state index contributed by atoms with van der Waals surface area (Å²) >= 11 is 0. The van der Waals surface area contributed by atoms with Gasteiger partial charge in [0.1, 0.15) is 11.0 Å². The lowest BCUT2D eigenvalue weighted by molar-refractivity contribution is 0.432. The Kier molecular flexibility index (Phi) is 5.04. The molecule has 0 bridgehead atoms. The maximum Gasteiger partial charge on any atom is 0.231 e. The molecule has 0 radical (unpaired) electrons. The van der Waals surface area contributed by atoms with Crippen molar-refractivity contribution in [1.29, 1.82) is 0 Å². The highest BCUT2D eigenvalue weighted by Gasteiger charge is 2.22. The van der Waals surface area contributed by atoms with Gasteiger partial charge in [-0.15, -0.1) is 0 Å². The Labute approximate surface area is 216 Å². The minimum absolute atomic E-state index is 0.0474. The van der Waals surface area contributed by atoms with Crippen molar-refractivity contribution in [1.82, 2.24) is 9.97 Å². The highest BCUT2D eigenvalue weighted by molar-refractivity contribution is 5.85. The first-order chi connectivity index (χ1) is 18.6. The minimum Gasteiger partial charge on any atom is -0.504 e. The highest BCUT2D eigenvalue weighted by atomic mass is 19.1. The predicted molar refractivity (Wildman–Crippen MR) is 145 cm³/mol. The lowest BCUT2D eigenvalue weighted by Gasteiger charge is -2.05. The molecule has 0 aliphatic heterocycles. The summed E-state index contributed by atoms with van der Waals surface area (Å²) in [6, 6.07) is 34.2. The molecule has 0 saturated heterocycles. The molecule has 0 unspecified atom stereocenters. The third kappa shape index (κ3) is 3.71. The first-order valence-electron chi connectivity index (χ1n) is 12.1. The van der Waals surface area contributed by atoms with Crippen LogP contribution in [0.2, 0.25) is 0 Å². The first kappa shape index (κ1) is 22.0. The largest absolute Gasteiger partial charge is 0.504 e. The van der Waals surface area contributed by atoms with Crippen LogP contribution in [0.3, 0.4) is 0 Å². The van der Waals surface area contributed by atoms with Gasteiger partial charge in [0.15, 0.2) is 22.7 Å². The van der Waals surface area contributed by atoms with E-state index >= 15 is 4.39 Å². The monoisotopic (exact) mass is 498 g/mol. The van der Waals surface area contributed by atoms with E-state index in [1.54, 1.807) is 6.07 Å². The molecular formula is C32H19FN2O3. The van der Waals surface area contributed by atoms with Crippen molar-refractivity contribution in [3.8, 4) is 50.9 Å². The molecule has 0 atom stereocenters. The fourth-order valence-electron chi connectivity index (χ4n) is 4.61. The highest BCUT2D eigenvalue weighted by Crippen LogP contribution is 2.39. The first-order valence-corrected chi connectivity index (χ1v) is 12.1. The number of phenolic OH excluding ortho intramolecular Hbond substituents is 1. The zero-order valence-corrected chi connectivity index (χ0v) is 19.9. The third-order valence-electron chi connectivity index (χ3n) is 6.57. The van der Waals surface area contributed by atoms with Gasteiger partial charge >= 0.3 is 0 Å². The van der Waals surface area contributed by atoms with Gasteiger partial charge in [-0.25, -0.2) is 14.4 Å². The summed E-state index contributed by atoms with van der Waals surface area (Å²) in [6.07, 6.45) is 0. The minimum atomic E-state index is -0.857. The SMILES string of the molecule is Oc1c(-c2nc3cc(-c4ccccc4)ccc3o2)ccc(-c2nc3cc(-c4ccccc4)ccc3o2)c1F. The number of oxazole rings is 2. The van der Waals surface area contributed by atoms with Gasteiger partial charge in [0.2, 0.25) is 11.8 Å². The Morgan fingerprint density at radius 1 is 0.526 bits per heavy atom. The van der Waals surface area contributed by atoms with Gasteiger partial charge in [-0.2, -0.15) is 0 Å². The van der Waals surface area contributed by atoms with Crippen molar-refractivity contribution in [2.75, 3.05) is 0 Å². The molecule has 2 heterocycles. The summed E-state index contributed by atoms with van der Waals surface area (Å²) < 4.78 is 27.1. The van der Waals surface area contributed by atoms with E-state index < -0.39 is 11.6 Å². The van der Waals surface area contributed by atoms with Crippen LogP contribution in [0.25, 0.3) is 67.4 Å². The number of phenols is 1. The summed E-state index contributed by atoms with van der Waals surface area (Å²) in [6.45, 7) is 0. The Balaban J connectivity index is 1.25. The van der Waals surface area contributed by atoms with Crippen LogP contribution < -0.4 is 0 Å². The molecule has 1 N–H and O–H groups in total. The fourth-order valence-corrected chi connectivity index (χ4v) is 4.61. The maximum atomic E-state index is 15.4. The Morgan fingerprint density at radius 2 is 1.00 bits per heavy atom. The molecule has 5 nitrogen and oxygen atoms in total. The van der Waals surface area contributed by atoms with Gasteiger partial charge in [-0.3, -0.25) is 0 Å². The van der Waals surface area contributed by atoms with Gasteiger partial charge in [0, 0.05) is 0 Å². The number of nitrogens with zero attached hydrogens (tertiary/aromatic N) is 2. The summed E-state index contributed by atoms with van der Waals surface area (Å²) in [4.78, 5) is 9.00. The van der Waals surface area contributed by atoms with E-state index in [1.165, 1.54) is 6.07 Å². The fraction of sp³-hybridized carbons (Fsp3) is 0. The topological polar surface area (TPSA) is 72.3 Å². The summed E-state index contributed by atoms with van der Waals surface area (Å²) in [7, 11) is 0. The number of aromatic nitrogens is 2. The molecule has 0 aliphatic carbocycles. The molecule has 38 heavy (non-hydrogen) atoms. The molecule has 2 aromatic heterocycles. The molecule has 182 valence electrons. The molecule has 6 heteroatoms. The number of hydrogen-bond donors (Lipinski definition) is 1. The smallest absolute Gasteiger partial charge is 0.231 e. The molecule has 7 aromatic rings. The second-order valence-corrected chi connectivity index (χ2v) is 8.96. The van der Waals surface area contributed by atoms with Crippen LogP contribution in [0.15, 0.2) is 118 Å². The van der Waals surface area contributed by atoms with E-state index in [0.717, 1.165) is 22.3 Å². The molecule has 0 spiro atoms. The number of rotatable bonds is 4. The van der Waals surface area contributed by atoms with Crippen molar-refractivity contribution in [2.45, 2.75) is 0 Å². The van der Waals surface area contributed by atoms with Crippen LogP contribution in [0.5, 0.6) is 5.75 Å². The molecule has 0 aliphatic rings. The summed E-state index contributed by atoms with van der Waals surface area (Å²) in [5.41, 5.74) is 6.51. The normalized spacial score (nSPS) is 11.4. The zero-order valence-electron chi connectivity index (χ0n) is 19.9. The van der Waals surface area contributed by atoms with E-state index in [9.17, 15) is 5.11 Å². The average molecular weight is 499 g/mol. The van der Waals surface area contributed by atoms with Crippen molar-refractivity contribution in [2.24, 2.45) is 0 Å². The molecule has 0 fully saturated rings. The second-order valence-electron chi connectivity index (χ2n) is 8.96. The standard InChI is InChI=1S/C32H19FN2O3/c33-29-23(31-34-25-17-21(11-15-27(25)37-31)19-7-3-1-4-8-19)13-14-24(30(29)36)32-35-26-18-22(12-16-28(26)38-32)20-9-5-2-6-10-20/h1-18,36H. The van der Waals surface area contributed by atoms with E-state index in [0.29, 0.717) is 22.2 Å². The number of benzene rings is 5. The summed E-state index contributed by atoms with van der Waals surface area (Å²) in [5, 5.41) is 10.8. The van der Waals surface area contributed by atoms with Gasteiger partial charge in [-0.1, -0.05) is 72.8 Å². The molecule has 0 saturated carbocycles. The molecule has 7 rings (SSSR count). The van der Waals surface area contributed by atoms with Crippen molar-refractivity contribution >= 4 is 22.2 Å². The van der Waals surface area contributed by atoms with E-state index in [1.807, 2.05) is 97.1 Å². The average Bonchev–Trinajstić information content (AvgIpc) is 3.58. The quantitative estimate of drug-likeness (QED) is 0.263. The van der Waals surface area contributed by atoms with Crippen LogP contribution in [-0.2, 0) is 0 Å². The predicted octanol–water partition coefficient (Wildman–Crippen LogP) is 8.48. The Hall–Kier alpha value is -5.23. The van der Waals surface area contributed by atoms with Gasteiger partial charge in [-0.05, 0) is 58.7 Å². The van der Waals surface area contributed by atoms with E-state index in [4.69, 9.17) is 8.83 Å².